The Hall–Kier alpha value is -1.51. The molecular formula is C14H23F3N4O2. The summed E-state index contributed by atoms with van der Waals surface area (Å²) in [5, 5.41) is 2.72. The molecule has 1 N–H and O–H groups in total. The number of carbonyl (C=O) groups is 2. The van der Waals surface area contributed by atoms with Crippen LogP contribution < -0.4 is 5.32 Å². The molecule has 2 rings (SSSR count). The van der Waals surface area contributed by atoms with Crippen LogP contribution in [0.4, 0.5) is 18.0 Å². The summed E-state index contributed by atoms with van der Waals surface area (Å²) in [6.07, 6.45) is -3.22. The van der Waals surface area contributed by atoms with E-state index in [1.807, 2.05) is 11.8 Å². The topological polar surface area (TPSA) is 55.9 Å². The van der Waals surface area contributed by atoms with Gasteiger partial charge in [0.2, 0.25) is 5.91 Å². The number of hydrogen-bond acceptors (Lipinski definition) is 3. The molecule has 3 amide bonds. The third-order valence-corrected chi connectivity index (χ3v) is 4.24. The highest BCUT2D eigenvalue weighted by Gasteiger charge is 2.40. The number of urea groups is 1. The van der Waals surface area contributed by atoms with E-state index in [0.29, 0.717) is 45.6 Å². The maximum absolute atomic E-state index is 12.5. The maximum Gasteiger partial charge on any atom is 0.406 e. The molecule has 0 radical (unpaired) electrons. The second kappa shape index (κ2) is 7.37. The van der Waals surface area contributed by atoms with E-state index in [2.05, 4.69) is 5.32 Å². The summed E-state index contributed by atoms with van der Waals surface area (Å²) in [4.78, 5) is 28.5. The van der Waals surface area contributed by atoms with Crippen molar-refractivity contribution in [2.24, 2.45) is 0 Å². The van der Waals surface area contributed by atoms with Crippen LogP contribution in [0.1, 0.15) is 19.8 Å². The van der Waals surface area contributed by atoms with Crippen molar-refractivity contribution in [1.29, 1.82) is 0 Å². The molecule has 9 heteroatoms. The third-order valence-electron chi connectivity index (χ3n) is 4.24. The SMILES string of the molecule is CCNC(=O)N1CCN(C2CCCN(CC(F)(F)F)C2=O)CC1. The minimum absolute atomic E-state index is 0.138. The number of alkyl halides is 3. The van der Waals surface area contributed by atoms with Crippen LogP contribution in [0, 0.1) is 0 Å². The summed E-state index contributed by atoms with van der Waals surface area (Å²) in [5.41, 5.74) is 0. The van der Waals surface area contributed by atoms with Crippen LogP contribution in [0.25, 0.3) is 0 Å². The Labute approximate surface area is 133 Å². The zero-order valence-corrected chi connectivity index (χ0v) is 13.2. The standard InChI is InChI=1S/C14H23F3N4O2/c1-2-18-13(23)20-8-6-19(7-9-20)11-4-3-5-21(12(11)22)10-14(15,16)17/h11H,2-10H2,1H3,(H,18,23). The minimum Gasteiger partial charge on any atom is -0.338 e. The van der Waals surface area contributed by atoms with Gasteiger partial charge in [-0.1, -0.05) is 0 Å². The monoisotopic (exact) mass is 336 g/mol. The van der Waals surface area contributed by atoms with Crippen molar-refractivity contribution in [3.63, 3.8) is 0 Å². The van der Waals surface area contributed by atoms with Crippen LogP contribution in [0.5, 0.6) is 0 Å². The average molecular weight is 336 g/mol. The largest absolute Gasteiger partial charge is 0.406 e. The van der Waals surface area contributed by atoms with Gasteiger partial charge in [-0.15, -0.1) is 0 Å². The Morgan fingerprint density at radius 1 is 1.22 bits per heavy atom. The Kier molecular flexibility index (Phi) is 5.72. The minimum atomic E-state index is -4.37. The van der Waals surface area contributed by atoms with E-state index in [1.165, 1.54) is 0 Å². The normalized spacial score (nSPS) is 24.0. The van der Waals surface area contributed by atoms with Gasteiger partial charge in [-0.25, -0.2) is 4.79 Å². The van der Waals surface area contributed by atoms with Gasteiger partial charge in [0.15, 0.2) is 0 Å². The van der Waals surface area contributed by atoms with Crippen LogP contribution in [0.2, 0.25) is 0 Å². The van der Waals surface area contributed by atoms with Crippen LogP contribution in [0.3, 0.4) is 0 Å². The van der Waals surface area contributed by atoms with Gasteiger partial charge in [0.25, 0.3) is 0 Å². The molecule has 2 aliphatic rings. The molecule has 0 aromatic rings. The molecule has 0 spiro atoms. The lowest BCUT2D eigenvalue weighted by Crippen LogP contribution is -2.59. The number of piperidine rings is 1. The second-order valence-corrected chi connectivity index (χ2v) is 5.89. The van der Waals surface area contributed by atoms with Gasteiger partial charge in [-0.3, -0.25) is 9.69 Å². The first-order chi connectivity index (χ1) is 10.8. The predicted molar refractivity (Wildman–Crippen MR) is 77.9 cm³/mol. The first-order valence-corrected chi connectivity index (χ1v) is 7.94. The quantitative estimate of drug-likeness (QED) is 0.833. The van der Waals surface area contributed by atoms with Gasteiger partial charge in [0.1, 0.15) is 6.54 Å². The molecular weight excluding hydrogens is 313 g/mol. The fourth-order valence-electron chi connectivity index (χ4n) is 3.13. The molecule has 2 fully saturated rings. The smallest absolute Gasteiger partial charge is 0.338 e. The van der Waals surface area contributed by atoms with Crippen molar-refractivity contribution in [3.8, 4) is 0 Å². The summed E-state index contributed by atoms with van der Waals surface area (Å²) < 4.78 is 37.6. The van der Waals surface area contributed by atoms with Gasteiger partial charge >= 0.3 is 12.2 Å². The number of rotatable bonds is 3. The molecule has 132 valence electrons. The molecule has 0 bridgehead atoms. The first-order valence-electron chi connectivity index (χ1n) is 7.94. The van der Waals surface area contributed by atoms with Crippen LogP contribution in [-0.4, -0.2) is 84.7 Å². The number of likely N-dealkylation sites (tertiary alicyclic amines) is 1. The fourth-order valence-corrected chi connectivity index (χ4v) is 3.13. The van der Waals surface area contributed by atoms with Gasteiger partial charge in [0.05, 0.1) is 6.04 Å². The highest BCUT2D eigenvalue weighted by Crippen LogP contribution is 2.23. The molecule has 6 nitrogen and oxygen atoms in total. The highest BCUT2D eigenvalue weighted by atomic mass is 19.4. The molecule has 2 aliphatic heterocycles. The van der Waals surface area contributed by atoms with E-state index in [9.17, 15) is 22.8 Å². The summed E-state index contributed by atoms with van der Waals surface area (Å²) >= 11 is 0. The molecule has 2 saturated heterocycles. The van der Waals surface area contributed by atoms with Crippen molar-refractivity contribution in [3.05, 3.63) is 0 Å². The van der Waals surface area contributed by atoms with Crippen molar-refractivity contribution < 1.29 is 22.8 Å². The molecule has 2 heterocycles. The van der Waals surface area contributed by atoms with E-state index in [0.717, 1.165) is 4.90 Å². The molecule has 0 aliphatic carbocycles. The predicted octanol–water partition coefficient (Wildman–Crippen LogP) is 0.887. The first kappa shape index (κ1) is 17.8. The average Bonchev–Trinajstić information content (AvgIpc) is 2.49. The van der Waals surface area contributed by atoms with E-state index < -0.39 is 24.7 Å². The van der Waals surface area contributed by atoms with E-state index in [1.54, 1.807) is 4.90 Å². The summed E-state index contributed by atoms with van der Waals surface area (Å²) in [5.74, 6) is -0.444. The molecule has 0 aromatic carbocycles. The zero-order chi connectivity index (χ0) is 17.0. The molecule has 1 unspecified atom stereocenters. The maximum atomic E-state index is 12.5. The zero-order valence-electron chi connectivity index (χ0n) is 13.2. The number of amides is 3. The summed E-state index contributed by atoms with van der Waals surface area (Å²) in [6.45, 7) is 3.34. The Morgan fingerprint density at radius 2 is 1.87 bits per heavy atom. The number of nitrogens with zero attached hydrogens (tertiary/aromatic N) is 3. The molecule has 23 heavy (non-hydrogen) atoms. The Balaban J connectivity index is 1.90. The summed E-state index contributed by atoms with van der Waals surface area (Å²) in [6, 6.07) is -0.636. The lowest BCUT2D eigenvalue weighted by atomic mass is 10.0. The van der Waals surface area contributed by atoms with E-state index in [-0.39, 0.29) is 12.6 Å². The lowest BCUT2D eigenvalue weighted by Gasteiger charge is -2.42. The summed E-state index contributed by atoms with van der Waals surface area (Å²) in [7, 11) is 0. The van der Waals surface area contributed by atoms with Crippen LogP contribution in [-0.2, 0) is 4.79 Å². The number of carbonyl (C=O) groups excluding carboxylic acids is 2. The number of halogens is 3. The highest BCUT2D eigenvalue weighted by molar-refractivity contribution is 5.82. The fraction of sp³-hybridized carbons (Fsp3) is 0.857. The Morgan fingerprint density at radius 3 is 2.43 bits per heavy atom. The van der Waals surface area contributed by atoms with Gasteiger partial charge in [-0.2, -0.15) is 13.2 Å². The van der Waals surface area contributed by atoms with E-state index >= 15 is 0 Å². The lowest BCUT2D eigenvalue weighted by molar-refractivity contribution is -0.168. The number of piperazine rings is 1. The van der Waals surface area contributed by atoms with E-state index in [4.69, 9.17) is 0 Å². The molecule has 0 saturated carbocycles. The number of nitrogens with one attached hydrogen (secondary N) is 1. The third kappa shape index (κ3) is 4.73. The van der Waals surface area contributed by atoms with Gasteiger partial charge in [0, 0.05) is 39.3 Å². The van der Waals surface area contributed by atoms with Crippen molar-refractivity contribution >= 4 is 11.9 Å². The molecule has 1 atom stereocenters. The number of hydrogen-bond donors (Lipinski definition) is 1. The second-order valence-electron chi connectivity index (χ2n) is 5.89. The van der Waals surface area contributed by atoms with Crippen molar-refractivity contribution in [1.82, 2.24) is 20.0 Å². The van der Waals surface area contributed by atoms with Crippen molar-refractivity contribution in [2.75, 3.05) is 45.8 Å². The van der Waals surface area contributed by atoms with Crippen LogP contribution >= 0.6 is 0 Å². The molecule has 0 aromatic heterocycles. The van der Waals surface area contributed by atoms with Crippen LogP contribution in [0.15, 0.2) is 0 Å². The van der Waals surface area contributed by atoms with Gasteiger partial charge in [-0.05, 0) is 19.8 Å². The van der Waals surface area contributed by atoms with Gasteiger partial charge < -0.3 is 15.1 Å². The van der Waals surface area contributed by atoms with Crippen molar-refractivity contribution in [2.45, 2.75) is 32.0 Å². The Bertz CT molecular complexity index is 436.